The van der Waals surface area contributed by atoms with E-state index in [0.717, 1.165) is 38.2 Å². The van der Waals surface area contributed by atoms with Crippen molar-refractivity contribution in [3.8, 4) is 11.8 Å². The number of anilines is 1. The first-order chi connectivity index (χ1) is 16.3. The van der Waals surface area contributed by atoms with Crippen LogP contribution in [0.1, 0.15) is 75.0 Å². The summed E-state index contributed by atoms with van der Waals surface area (Å²) in [4.78, 5) is 11.5. The minimum Gasteiger partial charge on any atom is -0.390 e. The number of fused-ring (bicyclic) bond motifs is 1. The molecule has 5 rings (SSSR count). The van der Waals surface area contributed by atoms with E-state index >= 15 is 0 Å². The molecular weight excluding hydrogens is 444 g/mol. The van der Waals surface area contributed by atoms with Gasteiger partial charge in [0, 0.05) is 19.0 Å². The summed E-state index contributed by atoms with van der Waals surface area (Å²) in [6.45, 7) is 7.54. The zero-order valence-electron chi connectivity index (χ0n) is 20.3. The van der Waals surface area contributed by atoms with Gasteiger partial charge in [0.2, 0.25) is 0 Å². The summed E-state index contributed by atoms with van der Waals surface area (Å²) in [7, 11) is -1.15. The van der Waals surface area contributed by atoms with Crippen molar-refractivity contribution in [2.45, 2.75) is 70.3 Å². The first kappa shape index (κ1) is 23.5. The summed E-state index contributed by atoms with van der Waals surface area (Å²) < 4.78 is 16.3. The average molecular weight is 479 g/mol. The molecule has 2 heterocycles. The second-order valence-electron chi connectivity index (χ2n) is 10.9. The summed E-state index contributed by atoms with van der Waals surface area (Å²) in [6.07, 6.45) is 6.97. The molecule has 1 aliphatic heterocycles. The Hall–Kier alpha value is -2.27. The van der Waals surface area contributed by atoms with E-state index in [0.29, 0.717) is 17.3 Å². The van der Waals surface area contributed by atoms with Crippen molar-refractivity contribution in [2.75, 3.05) is 18.0 Å². The van der Waals surface area contributed by atoms with E-state index in [1.807, 2.05) is 20.8 Å². The molecule has 7 heteroatoms. The van der Waals surface area contributed by atoms with Crippen LogP contribution in [0.4, 0.5) is 5.82 Å². The molecule has 2 aromatic rings. The van der Waals surface area contributed by atoms with Gasteiger partial charge >= 0.3 is 0 Å². The van der Waals surface area contributed by atoms with Gasteiger partial charge in [0.1, 0.15) is 11.4 Å². The van der Waals surface area contributed by atoms with E-state index in [9.17, 15) is 9.32 Å². The van der Waals surface area contributed by atoms with E-state index < -0.39 is 11.0 Å². The molecule has 2 N–H and O–H groups in total. The molecule has 2 atom stereocenters. The van der Waals surface area contributed by atoms with Crippen LogP contribution >= 0.6 is 0 Å². The second-order valence-corrected chi connectivity index (χ2v) is 12.9. The van der Waals surface area contributed by atoms with Gasteiger partial charge in [-0.2, -0.15) is 0 Å². The number of aromatic nitrogens is 2. The van der Waals surface area contributed by atoms with Crippen molar-refractivity contribution in [2.24, 2.45) is 11.3 Å². The molecule has 0 amide bonds. The van der Waals surface area contributed by atoms with Crippen LogP contribution in [-0.4, -0.2) is 37.1 Å². The zero-order valence-corrected chi connectivity index (χ0v) is 21.1. The Labute approximate surface area is 205 Å². The SMILES string of the molecule is CC(C)(C)S(=O)N[C@@H]1c2ccccc2CC12CCN(c1ncc(C#CC3CC3)nc1CO)CC2. The third-order valence-corrected chi connectivity index (χ3v) is 8.88. The Bertz CT molecular complexity index is 1150. The smallest absolute Gasteiger partial charge is 0.152 e. The number of aliphatic hydroxyl groups excluding tert-OH is 1. The van der Waals surface area contributed by atoms with Crippen LogP contribution in [0, 0.1) is 23.2 Å². The third kappa shape index (κ3) is 4.64. The zero-order chi connectivity index (χ0) is 23.9. The molecule has 1 aromatic heterocycles. The van der Waals surface area contributed by atoms with Crippen LogP contribution in [0.3, 0.4) is 0 Å². The van der Waals surface area contributed by atoms with E-state index in [1.165, 1.54) is 24.0 Å². The Balaban J connectivity index is 1.36. The minimum absolute atomic E-state index is 0.0174. The number of benzene rings is 1. The molecule has 6 nitrogen and oxygen atoms in total. The molecule has 1 saturated heterocycles. The molecule has 34 heavy (non-hydrogen) atoms. The van der Waals surface area contributed by atoms with Crippen molar-refractivity contribution in [1.29, 1.82) is 0 Å². The fourth-order valence-electron chi connectivity index (χ4n) is 5.14. The predicted molar refractivity (Wildman–Crippen MR) is 135 cm³/mol. The number of hydrogen-bond acceptors (Lipinski definition) is 5. The van der Waals surface area contributed by atoms with E-state index in [4.69, 9.17) is 0 Å². The molecule has 2 fully saturated rings. The number of hydrogen-bond donors (Lipinski definition) is 2. The summed E-state index contributed by atoms with van der Waals surface area (Å²) in [5, 5.41) is 9.98. The van der Waals surface area contributed by atoms with Gasteiger partial charge in [-0.1, -0.05) is 30.2 Å². The highest BCUT2D eigenvalue weighted by Gasteiger charge is 2.49. The number of piperidine rings is 1. The van der Waals surface area contributed by atoms with Crippen molar-refractivity contribution in [1.82, 2.24) is 14.7 Å². The van der Waals surface area contributed by atoms with Crippen molar-refractivity contribution < 1.29 is 9.32 Å². The normalized spacial score (nSPS) is 22.2. The number of rotatable bonds is 4. The molecule has 1 spiro atoms. The van der Waals surface area contributed by atoms with Crippen molar-refractivity contribution in [3.63, 3.8) is 0 Å². The van der Waals surface area contributed by atoms with Crippen LogP contribution in [0.5, 0.6) is 0 Å². The molecule has 0 radical (unpaired) electrons. The maximum atomic E-state index is 13.1. The lowest BCUT2D eigenvalue weighted by molar-refractivity contribution is 0.177. The molecule has 1 saturated carbocycles. The lowest BCUT2D eigenvalue weighted by Gasteiger charge is -2.44. The molecule has 180 valence electrons. The Morgan fingerprint density at radius 2 is 1.97 bits per heavy atom. The number of nitrogens with one attached hydrogen (secondary N) is 1. The van der Waals surface area contributed by atoms with Crippen LogP contribution in [0.15, 0.2) is 30.5 Å². The lowest BCUT2D eigenvalue weighted by Crippen LogP contribution is -2.48. The number of nitrogens with zero attached hydrogens (tertiary/aromatic N) is 3. The second kappa shape index (κ2) is 9.07. The van der Waals surface area contributed by atoms with Gasteiger partial charge in [-0.3, -0.25) is 0 Å². The highest BCUT2D eigenvalue weighted by Crippen LogP contribution is 2.52. The van der Waals surface area contributed by atoms with Crippen molar-refractivity contribution >= 4 is 16.8 Å². The highest BCUT2D eigenvalue weighted by molar-refractivity contribution is 7.84. The first-order valence-electron chi connectivity index (χ1n) is 12.3. The van der Waals surface area contributed by atoms with Gasteiger partial charge in [-0.25, -0.2) is 18.9 Å². The maximum Gasteiger partial charge on any atom is 0.152 e. The van der Waals surface area contributed by atoms with E-state index in [2.05, 4.69) is 55.7 Å². The van der Waals surface area contributed by atoms with Crippen LogP contribution in [0.25, 0.3) is 0 Å². The fraction of sp³-hybridized carbons (Fsp3) is 0.556. The summed E-state index contributed by atoms with van der Waals surface area (Å²) in [6, 6.07) is 8.64. The van der Waals surface area contributed by atoms with E-state index in [-0.39, 0.29) is 22.8 Å². The standard InChI is InChI=1S/C27H34N4O2S/c1-26(2,3)34(33)30-24-22-7-5-4-6-20(22)16-27(24)12-14-31(15-13-27)25-23(18-32)29-21(17-28-25)11-10-19-8-9-19/h4-7,17,19,24,30,32H,8-9,12-16,18H2,1-3H3/t24-,34?/m1/s1. The van der Waals surface area contributed by atoms with Crippen LogP contribution in [-0.2, 0) is 24.0 Å². The summed E-state index contributed by atoms with van der Waals surface area (Å²) in [5.74, 6) is 7.58. The lowest BCUT2D eigenvalue weighted by atomic mass is 9.73. The quantitative estimate of drug-likeness (QED) is 0.656. The van der Waals surface area contributed by atoms with Gasteiger partial charge in [0.05, 0.1) is 34.6 Å². The van der Waals surface area contributed by atoms with Gasteiger partial charge in [-0.15, -0.1) is 0 Å². The predicted octanol–water partition coefficient (Wildman–Crippen LogP) is 3.67. The average Bonchev–Trinajstić information content (AvgIpc) is 3.61. The van der Waals surface area contributed by atoms with Gasteiger partial charge in [-0.05, 0) is 75.3 Å². The van der Waals surface area contributed by atoms with Crippen LogP contribution < -0.4 is 9.62 Å². The number of aliphatic hydroxyl groups is 1. The third-order valence-electron chi connectivity index (χ3n) is 7.31. The molecule has 1 aromatic carbocycles. The monoisotopic (exact) mass is 478 g/mol. The highest BCUT2D eigenvalue weighted by atomic mass is 32.2. The summed E-state index contributed by atoms with van der Waals surface area (Å²) in [5.41, 5.74) is 3.88. The van der Waals surface area contributed by atoms with Gasteiger partial charge in [0.15, 0.2) is 5.82 Å². The molecule has 0 bridgehead atoms. The first-order valence-corrected chi connectivity index (χ1v) is 13.4. The largest absolute Gasteiger partial charge is 0.390 e. The Morgan fingerprint density at radius 3 is 2.65 bits per heavy atom. The van der Waals surface area contributed by atoms with Crippen molar-refractivity contribution in [3.05, 3.63) is 53.0 Å². The molecule has 2 aliphatic carbocycles. The topological polar surface area (TPSA) is 78.4 Å². The maximum absolute atomic E-state index is 13.1. The van der Waals surface area contributed by atoms with E-state index in [1.54, 1.807) is 6.20 Å². The molecule has 1 unspecified atom stereocenters. The Kier molecular flexibility index (Phi) is 6.26. The molecular formula is C27H34N4O2S. The van der Waals surface area contributed by atoms with Gasteiger partial charge < -0.3 is 10.0 Å². The molecule has 3 aliphatic rings. The van der Waals surface area contributed by atoms with Gasteiger partial charge in [0.25, 0.3) is 0 Å². The van der Waals surface area contributed by atoms with Crippen LogP contribution in [0.2, 0.25) is 0 Å². The fourth-order valence-corrected chi connectivity index (χ4v) is 6.09. The Morgan fingerprint density at radius 1 is 1.24 bits per heavy atom. The summed E-state index contributed by atoms with van der Waals surface area (Å²) >= 11 is 0. The minimum atomic E-state index is -1.15.